The van der Waals surface area contributed by atoms with Gasteiger partial charge in [-0.2, -0.15) is 0 Å². The number of hydrogen-bond donors (Lipinski definition) is 1. The van der Waals surface area contributed by atoms with Crippen LogP contribution in [-0.4, -0.2) is 40.2 Å². The molecule has 20 heavy (non-hydrogen) atoms. The summed E-state index contributed by atoms with van der Waals surface area (Å²) in [4.78, 5) is 34.8. The molecule has 7 heteroatoms. The van der Waals surface area contributed by atoms with Crippen molar-refractivity contribution in [3.8, 4) is 0 Å². The molecule has 2 rings (SSSR count). The van der Waals surface area contributed by atoms with Crippen molar-refractivity contribution in [2.24, 2.45) is 0 Å². The van der Waals surface area contributed by atoms with Crippen LogP contribution in [-0.2, 0) is 22.5 Å². The number of halogens is 1. The highest BCUT2D eigenvalue weighted by molar-refractivity contribution is 6.41. The highest BCUT2D eigenvalue weighted by atomic mass is 19.1. The van der Waals surface area contributed by atoms with Gasteiger partial charge >= 0.3 is 11.9 Å². The molecule has 0 aromatic carbocycles. The first kappa shape index (κ1) is 14.2. The van der Waals surface area contributed by atoms with Gasteiger partial charge in [0.1, 0.15) is 11.9 Å². The number of alkyl halides is 1. The Morgan fingerprint density at radius 3 is 2.65 bits per heavy atom. The lowest BCUT2D eigenvalue weighted by Gasteiger charge is -2.03. The minimum atomic E-state index is -1.25. The standard InChI is InChI=1S/C13H14FNO5/c1-3-20-13(19)11(16)9-6(2)10(12(17)18)15-5-7(14)4-8(9)15/h7H,3-5H2,1-2H3,(H,17,18)/t7-/m1/s1. The number of carbonyl (C=O) groups excluding carboxylic acids is 2. The average Bonchev–Trinajstić information content (AvgIpc) is 2.81. The molecule has 0 amide bonds. The first-order valence-corrected chi connectivity index (χ1v) is 6.19. The normalized spacial score (nSPS) is 16.9. The zero-order valence-corrected chi connectivity index (χ0v) is 11.1. The summed E-state index contributed by atoms with van der Waals surface area (Å²) in [5.41, 5.74) is 0.247. The van der Waals surface area contributed by atoms with Gasteiger partial charge in [-0.25, -0.2) is 14.0 Å². The van der Waals surface area contributed by atoms with Gasteiger partial charge in [0.05, 0.1) is 18.7 Å². The predicted molar refractivity (Wildman–Crippen MR) is 65.7 cm³/mol. The average molecular weight is 283 g/mol. The summed E-state index contributed by atoms with van der Waals surface area (Å²) in [6, 6.07) is 0. The van der Waals surface area contributed by atoms with Crippen LogP contribution in [0.4, 0.5) is 4.39 Å². The van der Waals surface area contributed by atoms with E-state index in [4.69, 9.17) is 0 Å². The minimum absolute atomic E-state index is 0.0389. The van der Waals surface area contributed by atoms with Crippen LogP contribution < -0.4 is 0 Å². The molecule has 0 saturated carbocycles. The lowest BCUT2D eigenvalue weighted by Crippen LogP contribution is -2.19. The van der Waals surface area contributed by atoms with E-state index in [9.17, 15) is 23.9 Å². The van der Waals surface area contributed by atoms with Crippen LogP contribution in [0.25, 0.3) is 0 Å². The second-order valence-corrected chi connectivity index (χ2v) is 4.56. The van der Waals surface area contributed by atoms with Crippen LogP contribution in [0.15, 0.2) is 0 Å². The summed E-state index contributed by atoms with van der Waals surface area (Å²) in [6.45, 7) is 2.92. The van der Waals surface area contributed by atoms with Crippen molar-refractivity contribution in [3.63, 3.8) is 0 Å². The Bertz CT molecular complexity index is 604. The summed E-state index contributed by atoms with van der Waals surface area (Å²) in [5.74, 6) is -3.22. The van der Waals surface area contributed by atoms with Gasteiger partial charge in [0.2, 0.25) is 0 Å². The SMILES string of the molecule is CCOC(=O)C(=O)c1c(C)c(C(=O)O)n2c1C[C@@H](F)C2. The van der Waals surface area contributed by atoms with Crippen LogP contribution in [0.3, 0.4) is 0 Å². The maximum absolute atomic E-state index is 13.5. The van der Waals surface area contributed by atoms with Gasteiger partial charge in [0.15, 0.2) is 0 Å². The molecule has 0 fully saturated rings. The molecule has 0 unspecified atom stereocenters. The van der Waals surface area contributed by atoms with Crippen LogP contribution in [0.1, 0.15) is 39.0 Å². The summed E-state index contributed by atoms with van der Waals surface area (Å²) < 4.78 is 19.4. The number of aromatic nitrogens is 1. The molecule has 0 bridgehead atoms. The van der Waals surface area contributed by atoms with E-state index < -0.39 is 23.9 Å². The van der Waals surface area contributed by atoms with E-state index in [2.05, 4.69) is 4.74 Å². The van der Waals surface area contributed by atoms with Crippen LogP contribution in [0.2, 0.25) is 0 Å². The number of nitrogens with zero attached hydrogens (tertiary/aromatic N) is 1. The lowest BCUT2D eigenvalue weighted by atomic mass is 10.0. The third-order valence-electron chi connectivity index (χ3n) is 3.30. The smallest absolute Gasteiger partial charge is 0.379 e. The number of rotatable bonds is 4. The molecule has 1 aliphatic rings. The molecule has 1 aromatic rings. The largest absolute Gasteiger partial charge is 0.477 e. The van der Waals surface area contributed by atoms with Crippen molar-refractivity contribution in [3.05, 3.63) is 22.5 Å². The fourth-order valence-corrected chi connectivity index (χ4v) is 2.57. The Morgan fingerprint density at radius 2 is 2.10 bits per heavy atom. The summed E-state index contributed by atoms with van der Waals surface area (Å²) in [6.07, 6.45) is -1.33. The number of ether oxygens (including phenoxy) is 1. The van der Waals surface area contributed by atoms with Crippen molar-refractivity contribution < 1.29 is 28.6 Å². The van der Waals surface area contributed by atoms with Gasteiger partial charge in [-0.15, -0.1) is 0 Å². The van der Waals surface area contributed by atoms with E-state index in [1.807, 2.05) is 0 Å². The molecule has 1 atom stereocenters. The summed E-state index contributed by atoms with van der Waals surface area (Å²) >= 11 is 0. The Labute approximate surface area is 114 Å². The van der Waals surface area contributed by atoms with Crippen LogP contribution in [0.5, 0.6) is 0 Å². The second kappa shape index (κ2) is 5.07. The number of Topliss-reactive ketones (excluding diaryl/α,β-unsaturated/α-hetero) is 1. The Balaban J connectivity index is 2.55. The van der Waals surface area contributed by atoms with Crippen molar-refractivity contribution in [1.82, 2.24) is 4.57 Å². The molecule has 0 radical (unpaired) electrons. The van der Waals surface area contributed by atoms with Crippen molar-refractivity contribution in [2.75, 3.05) is 6.61 Å². The third-order valence-corrected chi connectivity index (χ3v) is 3.30. The van der Waals surface area contributed by atoms with E-state index in [0.717, 1.165) is 0 Å². The van der Waals surface area contributed by atoms with Gasteiger partial charge < -0.3 is 14.4 Å². The monoisotopic (exact) mass is 283 g/mol. The second-order valence-electron chi connectivity index (χ2n) is 4.56. The van der Waals surface area contributed by atoms with E-state index in [1.54, 1.807) is 6.92 Å². The molecule has 6 nitrogen and oxygen atoms in total. The quantitative estimate of drug-likeness (QED) is 0.508. The fraction of sp³-hybridized carbons (Fsp3) is 0.462. The molecule has 2 heterocycles. The van der Waals surface area contributed by atoms with Gasteiger partial charge in [0, 0.05) is 12.1 Å². The van der Waals surface area contributed by atoms with E-state index in [1.165, 1.54) is 11.5 Å². The first-order valence-electron chi connectivity index (χ1n) is 6.19. The lowest BCUT2D eigenvalue weighted by molar-refractivity contribution is -0.137. The zero-order chi connectivity index (χ0) is 15.0. The van der Waals surface area contributed by atoms with Gasteiger partial charge in [-0.3, -0.25) is 4.79 Å². The number of carbonyl (C=O) groups is 3. The summed E-state index contributed by atoms with van der Waals surface area (Å²) in [7, 11) is 0. The summed E-state index contributed by atoms with van der Waals surface area (Å²) in [5, 5.41) is 9.18. The number of esters is 1. The van der Waals surface area contributed by atoms with Crippen LogP contribution >= 0.6 is 0 Å². The zero-order valence-electron chi connectivity index (χ0n) is 11.1. The Morgan fingerprint density at radius 1 is 1.45 bits per heavy atom. The van der Waals surface area contributed by atoms with E-state index in [0.29, 0.717) is 0 Å². The Hall–Kier alpha value is -2.18. The number of aromatic carboxylic acids is 1. The number of hydrogen-bond acceptors (Lipinski definition) is 4. The van der Waals surface area contributed by atoms with Crippen molar-refractivity contribution in [1.29, 1.82) is 0 Å². The highest BCUT2D eigenvalue weighted by Gasteiger charge is 2.36. The predicted octanol–water partition coefficient (Wildman–Crippen LogP) is 1.13. The molecule has 1 aliphatic heterocycles. The van der Waals surface area contributed by atoms with Gasteiger partial charge in [-0.05, 0) is 19.4 Å². The highest BCUT2D eigenvalue weighted by Crippen LogP contribution is 2.30. The van der Waals surface area contributed by atoms with E-state index in [-0.39, 0.29) is 42.1 Å². The van der Waals surface area contributed by atoms with Gasteiger partial charge in [0.25, 0.3) is 5.78 Å². The molecule has 0 spiro atoms. The molecule has 0 saturated heterocycles. The maximum Gasteiger partial charge on any atom is 0.379 e. The molecule has 1 aromatic heterocycles. The van der Waals surface area contributed by atoms with Crippen molar-refractivity contribution >= 4 is 17.7 Å². The van der Waals surface area contributed by atoms with Crippen molar-refractivity contribution in [2.45, 2.75) is 33.0 Å². The Kier molecular flexibility index (Phi) is 3.61. The molecule has 108 valence electrons. The number of ketones is 1. The third kappa shape index (κ3) is 2.09. The van der Waals surface area contributed by atoms with E-state index >= 15 is 0 Å². The number of carboxylic acids is 1. The maximum atomic E-state index is 13.5. The minimum Gasteiger partial charge on any atom is -0.477 e. The molecular weight excluding hydrogens is 269 g/mol. The first-order chi connectivity index (χ1) is 9.38. The number of fused-ring (bicyclic) bond motifs is 1. The number of carboxylic acid groups (broad SMARTS) is 1. The molecular formula is C13H14FNO5. The molecule has 1 N–H and O–H groups in total. The fourth-order valence-electron chi connectivity index (χ4n) is 2.57. The topological polar surface area (TPSA) is 85.6 Å². The van der Waals surface area contributed by atoms with Crippen LogP contribution in [0, 0.1) is 6.92 Å². The van der Waals surface area contributed by atoms with Gasteiger partial charge in [-0.1, -0.05) is 0 Å². The molecule has 0 aliphatic carbocycles.